The molecule has 1 aromatic heterocycles. The highest BCUT2D eigenvalue weighted by Crippen LogP contribution is 2.25. The Morgan fingerprint density at radius 3 is 2.61 bits per heavy atom. The molecular formula is C22H20N4O5. The number of non-ortho nitro benzene ring substituents is 1. The molecular weight excluding hydrogens is 400 g/mol. The van der Waals surface area contributed by atoms with Gasteiger partial charge >= 0.3 is 0 Å². The van der Waals surface area contributed by atoms with E-state index in [9.17, 15) is 19.7 Å². The first-order valence-corrected chi connectivity index (χ1v) is 9.48. The number of hydrogen-bond acceptors (Lipinski definition) is 6. The van der Waals surface area contributed by atoms with Gasteiger partial charge in [0, 0.05) is 24.2 Å². The molecule has 2 amide bonds. The van der Waals surface area contributed by atoms with Crippen LogP contribution in [0.2, 0.25) is 0 Å². The molecule has 0 aliphatic heterocycles. The molecule has 158 valence electrons. The fourth-order valence-electron chi connectivity index (χ4n) is 2.76. The predicted octanol–water partition coefficient (Wildman–Crippen LogP) is 3.05. The van der Waals surface area contributed by atoms with E-state index in [-0.39, 0.29) is 12.1 Å². The molecule has 2 aromatic carbocycles. The Morgan fingerprint density at radius 1 is 1.03 bits per heavy atom. The number of benzene rings is 2. The molecule has 9 nitrogen and oxygen atoms in total. The topological polar surface area (TPSA) is 127 Å². The zero-order chi connectivity index (χ0) is 22.1. The lowest BCUT2D eigenvalue weighted by Crippen LogP contribution is -2.31. The Kier molecular flexibility index (Phi) is 7.26. The molecule has 0 aliphatic rings. The maximum absolute atomic E-state index is 11.8. The van der Waals surface area contributed by atoms with Gasteiger partial charge in [0.1, 0.15) is 17.9 Å². The van der Waals surface area contributed by atoms with Crippen LogP contribution >= 0.6 is 0 Å². The van der Waals surface area contributed by atoms with Crippen LogP contribution in [0.15, 0.2) is 76.2 Å². The number of hydrogen-bond donors (Lipinski definition) is 2. The number of hydrazone groups is 1. The molecule has 0 saturated heterocycles. The van der Waals surface area contributed by atoms with Crippen molar-refractivity contribution in [2.75, 3.05) is 6.54 Å². The molecule has 0 spiro atoms. The van der Waals surface area contributed by atoms with Gasteiger partial charge in [0.05, 0.1) is 11.1 Å². The van der Waals surface area contributed by atoms with Crippen LogP contribution in [-0.2, 0) is 16.0 Å². The average molecular weight is 420 g/mol. The third-order valence-corrected chi connectivity index (χ3v) is 4.25. The van der Waals surface area contributed by atoms with E-state index in [0.717, 1.165) is 5.56 Å². The molecule has 9 heteroatoms. The SMILES string of the molecule is O=C(CC(=O)N/N=C\c1ccc(-c2cccc([N+](=O)[O-])c2)o1)NCCc1ccccc1. The van der Waals surface area contributed by atoms with Gasteiger partial charge in [-0.15, -0.1) is 0 Å². The molecule has 31 heavy (non-hydrogen) atoms. The van der Waals surface area contributed by atoms with E-state index in [1.807, 2.05) is 30.3 Å². The van der Waals surface area contributed by atoms with E-state index in [2.05, 4.69) is 15.8 Å². The second kappa shape index (κ2) is 10.5. The number of furan rings is 1. The molecule has 0 radical (unpaired) electrons. The van der Waals surface area contributed by atoms with Gasteiger partial charge in [0.2, 0.25) is 11.8 Å². The zero-order valence-corrected chi connectivity index (χ0v) is 16.5. The van der Waals surface area contributed by atoms with Gasteiger partial charge in [-0.2, -0.15) is 5.10 Å². The highest BCUT2D eigenvalue weighted by molar-refractivity contribution is 5.97. The van der Waals surface area contributed by atoms with Gasteiger partial charge < -0.3 is 9.73 Å². The lowest BCUT2D eigenvalue weighted by molar-refractivity contribution is -0.384. The van der Waals surface area contributed by atoms with Crippen molar-refractivity contribution >= 4 is 23.7 Å². The Hall–Kier alpha value is -4.27. The number of nitro groups is 1. The largest absolute Gasteiger partial charge is 0.455 e. The van der Waals surface area contributed by atoms with Crippen LogP contribution in [-0.4, -0.2) is 29.5 Å². The van der Waals surface area contributed by atoms with Crippen LogP contribution in [0.4, 0.5) is 5.69 Å². The minimum atomic E-state index is -0.557. The summed E-state index contributed by atoms with van der Waals surface area (Å²) in [5, 5.41) is 17.3. The maximum atomic E-state index is 11.8. The number of nitro benzene ring substituents is 1. The number of nitrogens with one attached hydrogen (secondary N) is 2. The van der Waals surface area contributed by atoms with Crippen molar-refractivity contribution < 1.29 is 18.9 Å². The summed E-state index contributed by atoms with van der Waals surface area (Å²) in [6.45, 7) is 0.437. The molecule has 3 aromatic rings. The second-order valence-electron chi connectivity index (χ2n) is 6.56. The van der Waals surface area contributed by atoms with Crippen LogP contribution in [0.25, 0.3) is 11.3 Å². The smallest absolute Gasteiger partial charge is 0.270 e. The minimum Gasteiger partial charge on any atom is -0.455 e. The third kappa shape index (κ3) is 6.64. The molecule has 0 fully saturated rings. The second-order valence-corrected chi connectivity index (χ2v) is 6.56. The first-order chi connectivity index (χ1) is 15.0. The van der Waals surface area contributed by atoms with E-state index in [1.165, 1.54) is 18.3 Å². The number of carbonyl (C=O) groups is 2. The molecule has 0 saturated carbocycles. The van der Waals surface area contributed by atoms with E-state index in [4.69, 9.17) is 4.42 Å². The van der Waals surface area contributed by atoms with E-state index in [0.29, 0.717) is 30.0 Å². The van der Waals surface area contributed by atoms with Gasteiger partial charge in [0.15, 0.2) is 0 Å². The predicted molar refractivity (Wildman–Crippen MR) is 114 cm³/mol. The molecule has 0 unspecified atom stereocenters. The van der Waals surface area contributed by atoms with Crippen molar-refractivity contribution in [2.24, 2.45) is 5.10 Å². The van der Waals surface area contributed by atoms with Crippen LogP contribution < -0.4 is 10.7 Å². The van der Waals surface area contributed by atoms with Crippen molar-refractivity contribution in [3.8, 4) is 11.3 Å². The number of nitrogens with zero attached hydrogens (tertiary/aromatic N) is 2. The fourth-order valence-corrected chi connectivity index (χ4v) is 2.76. The van der Waals surface area contributed by atoms with Crippen LogP contribution in [0.1, 0.15) is 17.7 Å². The normalized spacial score (nSPS) is 10.7. The standard InChI is InChI=1S/C22H20N4O5/c27-21(23-12-11-16-5-2-1-3-6-16)14-22(28)25-24-15-19-9-10-20(31-19)17-7-4-8-18(13-17)26(29)30/h1-10,13,15H,11-12,14H2,(H,23,27)(H,25,28)/b24-15-. The van der Waals surface area contributed by atoms with Crippen molar-refractivity contribution in [1.82, 2.24) is 10.7 Å². The zero-order valence-electron chi connectivity index (χ0n) is 16.5. The summed E-state index contributed by atoms with van der Waals surface area (Å²) in [5.41, 5.74) is 3.86. The first kappa shape index (κ1) is 21.4. The van der Waals surface area contributed by atoms with Crippen LogP contribution in [0.3, 0.4) is 0 Å². The fraction of sp³-hybridized carbons (Fsp3) is 0.136. The van der Waals surface area contributed by atoms with Gasteiger partial charge in [-0.25, -0.2) is 5.43 Å². The minimum absolute atomic E-state index is 0.0431. The average Bonchev–Trinajstić information content (AvgIpc) is 3.23. The number of amides is 2. The third-order valence-electron chi connectivity index (χ3n) is 4.25. The summed E-state index contributed by atoms with van der Waals surface area (Å²) < 4.78 is 5.56. The molecule has 3 rings (SSSR count). The Labute approximate surface area is 177 Å². The highest BCUT2D eigenvalue weighted by Gasteiger charge is 2.10. The van der Waals surface area contributed by atoms with Gasteiger partial charge in [-0.3, -0.25) is 19.7 Å². The van der Waals surface area contributed by atoms with Crippen LogP contribution in [0.5, 0.6) is 0 Å². The van der Waals surface area contributed by atoms with Crippen molar-refractivity contribution in [3.63, 3.8) is 0 Å². The summed E-state index contributed by atoms with van der Waals surface area (Å²) >= 11 is 0. The monoisotopic (exact) mass is 420 g/mol. The Bertz CT molecular complexity index is 1090. The molecule has 1 heterocycles. The molecule has 0 aliphatic carbocycles. The summed E-state index contributed by atoms with van der Waals surface area (Å²) in [6, 6.07) is 19.0. The summed E-state index contributed by atoms with van der Waals surface area (Å²) in [5.74, 6) is -0.183. The van der Waals surface area contributed by atoms with Gasteiger partial charge in [0.25, 0.3) is 5.69 Å². The van der Waals surface area contributed by atoms with Crippen molar-refractivity contribution in [3.05, 3.63) is 88.2 Å². The number of carbonyl (C=O) groups excluding carboxylic acids is 2. The lowest BCUT2D eigenvalue weighted by Gasteiger charge is -2.04. The van der Waals surface area contributed by atoms with E-state index < -0.39 is 16.7 Å². The summed E-state index contributed by atoms with van der Waals surface area (Å²) in [6.07, 6.45) is 1.62. The quantitative estimate of drug-likeness (QED) is 0.238. The number of rotatable bonds is 9. The lowest BCUT2D eigenvalue weighted by atomic mass is 10.1. The van der Waals surface area contributed by atoms with Crippen LogP contribution in [0, 0.1) is 10.1 Å². The van der Waals surface area contributed by atoms with E-state index in [1.54, 1.807) is 24.3 Å². The summed E-state index contributed by atoms with van der Waals surface area (Å²) in [7, 11) is 0. The maximum Gasteiger partial charge on any atom is 0.270 e. The highest BCUT2D eigenvalue weighted by atomic mass is 16.6. The van der Waals surface area contributed by atoms with Crippen molar-refractivity contribution in [1.29, 1.82) is 0 Å². The van der Waals surface area contributed by atoms with Crippen molar-refractivity contribution in [2.45, 2.75) is 12.8 Å². The Balaban J connectivity index is 1.44. The first-order valence-electron chi connectivity index (χ1n) is 9.48. The molecule has 0 atom stereocenters. The van der Waals surface area contributed by atoms with Gasteiger partial charge in [-0.05, 0) is 24.1 Å². The Morgan fingerprint density at radius 2 is 1.84 bits per heavy atom. The van der Waals surface area contributed by atoms with Gasteiger partial charge in [-0.1, -0.05) is 42.5 Å². The molecule has 0 bridgehead atoms. The molecule has 2 N–H and O–H groups in total. The summed E-state index contributed by atoms with van der Waals surface area (Å²) in [4.78, 5) is 34.0. The van der Waals surface area contributed by atoms with E-state index >= 15 is 0 Å².